The number of sulfonamides is 1. The van der Waals surface area contributed by atoms with Crippen LogP contribution in [0.4, 0.5) is 0 Å². The maximum Gasteiger partial charge on any atom is 0.251 e. The Morgan fingerprint density at radius 2 is 1.95 bits per heavy atom. The van der Waals surface area contributed by atoms with Crippen LogP contribution in [0.5, 0.6) is 0 Å². The van der Waals surface area contributed by atoms with E-state index in [1.807, 2.05) is 0 Å². The number of hydrogen-bond acceptors (Lipinski definition) is 4. The molecule has 114 valence electrons. The number of aromatic nitrogens is 1. The normalized spacial score (nSPS) is 24.7. The van der Waals surface area contributed by atoms with Crippen LogP contribution in [0.15, 0.2) is 24.5 Å². The molecule has 1 saturated heterocycles. The number of carbonyl (C=O) groups is 1. The van der Waals surface area contributed by atoms with Crippen LogP contribution in [-0.4, -0.2) is 49.0 Å². The molecule has 2 heterocycles. The lowest BCUT2D eigenvalue weighted by molar-refractivity contribution is 0.0940. The molecule has 0 aromatic carbocycles. The van der Waals surface area contributed by atoms with E-state index in [9.17, 15) is 13.2 Å². The van der Waals surface area contributed by atoms with Crippen molar-refractivity contribution >= 4 is 15.9 Å². The molecule has 1 atom stereocenters. The molecule has 1 amide bonds. The molecule has 3 rings (SSSR count). The Hall–Kier alpha value is -1.47. The SMILES string of the molecule is CS(=O)(=O)N1CCC2(CC1)CC2NC(=O)c1ccncc1. The summed E-state index contributed by atoms with van der Waals surface area (Å²) in [6, 6.07) is 3.55. The van der Waals surface area contributed by atoms with Gasteiger partial charge in [-0.2, -0.15) is 0 Å². The molecule has 1 spiro atoms. The van der Waals surface area contributed by atoms with E-state index in [1.165, 1.54) is 10.6 Å². The first-order chi connectivity index (χ1) is 9.91. The molecule has 1 aliphatic carbocycles. The Bertz CT molecular complexity index is 637. The van der Waals surface area contributed by atoms with Crippen molar-refractivity contribution in [3.8, 4) is 0 Å². The van der Waals surface area contributed by atoms with Gasteiger partial charge in [-0.15, -0.1) is 0 Å². The van der Waals surface area contributed by atoms with Gasteiger partial charge in [-0.1, -0.05) is 0 Å². The third-order valence-electron chi connectivity index (χ3n) is 4.62. The summed E-state index contributed by atoms with van der Waals surface area (Å²) in [7, 11) is -3.09. The first-order valence-electron chi connectivity index (χ1n) is 7.07. The second-order valence-corrected chi connectivity index (χ2v) is 7.97. The number of hydrogen-bond donors (Lipinski definition) is 1. The monoisotopic (exact) mass is 309 g/mol. The minimum atomic E-state index is -3.09. The van der Waals surface area contributed by atoms with Gasteiger partial charge in [-0.25, -0.2) is 12.7 Å². The fourth-order valence-corrected chi connectivity index (χ4v) is 3.96. The lowest BCUT2D eigenvalue weighted by Crippen LogP contribution is -2.41. The van der Waals surface area contributed by atoms with E-state index in [-0.39, 0.29) is 17.4 Å². The average Bonchev–Trinajstić information content (AvgIpc) is 3.11. The van der Waals surface area contributed by atoms with E-state index in [2.05, 4.69) is 10.3 Å². The maximum absolute atomic E-state index is 12.1. The number of carbonyl (C=O) groups excluding carboxylic acids is 1. The lowest BCUT2D eigenvalue weighted by atomic mass is 9.94. The van der Waals surface area contributed by atoms with Gasteiger partial charge in [0.05, 0.1) is 6.26 Å². The van der Waals surface area contributed by atoms with Crippen LogP contribution in [-0.2, 0) is 10.0 Å². The molecule has 1 aliphatic heterocycles. The number of pyridine rings is 1. The smallest absolute Gasteiger partial charge is 0.251 e. The van der Waals surface area contributed by atoms with Crippen LogP contribution in [0.3, 0.4) is 0 Å². The molecule has 0 radical (unpaired) electrons. The third kappa shape index (κ3) is 2.94. The Kier molecular flexibility index (Phi) is 3.49. The summed E-state index contributed by atoms with van der Waals surface area (Å²) in [5, 5.41) is 3.05. The molecule has 2 fully saturated rings. The van der Waals surface area contributed by atoms with Crippen molar-refractivity contribution in [1.82, 2.24) is 14.6 Å². The summed E-state index contributed by atoms with van der Waals surface area (Å²) in [6.07, 6.45) is 7.04. The van der Waals surface area contributed by atoms with Gasteiger partial charge >= 0.3 is 0 Å². The molecular weight excluding hydrogens is 290 g/mol. The van der Waals surface area contributed by atoms with E-state index in [4.69, 9.17) is 0 Å². The Morgan fingerprint density at radius 3 is 2.52 bits per heavy atom. The highest BCUT2D eigenvalue weighted by molar-refractivity contribution is 7.88. The molecule has 1 unspecified atom stereocenters. The Balaban J connectivity index is 1.57. The zero-order valence-corrected chi connectivity index (χ0v) is 12.8. The molecule has 7 heteroatoms. The number of piperidine rings is 1. The van der Waals surface area contributed by atoms with Crippen molar-refractivity contribution in [3.63, 3.8) is 0 Å². The standard InChI is InChI=1S/C14H19N3O3S/c1-21(19,20)17-8-4-14(5-9-17)10-12(14)16-13(18)11-2-6-15-7-3-11/h2-3,6-7,12H,4-5,8-10H2,1H3,(H,16,18). The second-order valence-electron chi connectivity index (χ2n) is 5.99. The fraction of sp³-hybridized carbons (Fsp3) is 0.571. The van der Waals surface area contributed by atoms with E-state index >= 15 is 0 Å². The summed E-state index contributed by atoms with van der Waals surface area (Å²) in [6.45, 7) is 1.11. The zero-order valence-electron chi connectivity index (χ0n) is 11.9. The number of nitrogens with zero attached hydrogens (tertiary/aromatic N) is 2. The second kappa shape index (κ2) is 5.06. The summed E-state index contributed by atoms with van der Waals surface area (Å²) < 4.78 is 24.6. The van der Waals surface area contributed by atoms with Crippen LogP contribution >= 0.6 is 0 Å². The molecule has 6 nitrogen and oxygen atoms in total. The summed E-state index contributed by atoms with van der Waals surface area (Å²) in [5.74, 6) is -0.0789. The van der Waals surface area contributed by atoms with Gasteiger partial charge in [0, 0.05) is 37.1 Å². The van der Waals surface area contributed by atoms with Gasteiger partial charge in [0.15, 0.2) is 0 Å². The molecule has 1 aromatic heterocycles. The van der Waals surface area contributed by atoms with Gasteiger partial charge in [-0.05, 0) is 36.8 Å². The first kappa shape index (κ1) is 14.5. The predicted octanol–water partition coefficient (Wildman–Crippen LogP) is 0.625. The van der Waals surface area contributed by atoms with E-state index in [1.54, 1.807) is 24.5 Å². The minimum absolute atomic E-state index is 0.0789. The van der Waals surface area contributed by atoms with E-state index in [0.29, 0.717) is 18.7 Å². The zero-order chi connectivity index (χ0) is 15.1. The van der Waals surface area contributed by atoms with Gasteiger partial charge in [-0.3, -0.25) is 9.78 Å². The summed E-state index contributed by atoms with van der Waals surface area (Å²) >= 11 is 0. The lowest BCUT2D eigenvalue weighted by Gasteiger charge is -2.31. The van der Waals surface area contributed by atoms with Gasteiger partial charge < -0.3 is 5.32 Å². The van der Waals surface area contributed by atoms with Crippen molar-refractivity contribution in [2.75, 3.05) is 19.3 Å². The largest absolute Gasteiger partial charge is 0.349 e. The van der Waals surface area contributed by atoms with E-state index in [0.717, 1.165) is 19.3 Å². The highest BCUT2D eigenvalue weighted by Gasteiger charge is 2.56. The number of amides is 1. The van der Waals surface area contributed by atoms with Gasteiger partial charge in [0.2, 0.25) is 10.0 Å². The minimum Gasteiger partial charge on any atom is -0.349 e. The Labute approximate surface area is 124 Å². The molecule has 1 N–H and O–H groups in total. The maximum atomic E-state index is 12.1. The number of nitrogens with one attached hydrogen (secondary N) is 1. The van der Waals surface area contributed by atoms with Crippen LogP contribution in [0.2, 0.25) is 0 Å². The van der Waals surface area contributed by atoms with Crippen molar-refractivity contribution < 1.29 is 13.2 Å². The van der Waals surface area contributed by atoms with Crippen molar-refractivity contribution in [3.05, 3.63) is 30.1 Å². The van der Waals surface area contributed by atoms with Crippen LogP contribution in [0.1, 0.15) is 29.6 Å². The van der Waals surface area contributed by atoms with Crippen molar-refractivity contribution in [1.29, 1.82) is 0 Å². The summed E-state index contributed by atoms with van der Waals surface area (Å²) in [5.41, 5.74) is 0.713. The molecule has 1 saturated carbocycles. The van der Waals surface area contributed by atoms with Gasteiger partial charge in [0.25, 0.3) is 5.91 Å². The van der Waals surface area contributed by atoms with Crippen LogP contribution < -0.4 is 5.32 Å². The van der Waals surface area contributed by atoms with Crippen molar-refractivity contribution in [2.45, 2.75) is 25.3 Å². The number of rotatable bonds is 3. The third-order valence-corrected chi connectivity index (χ3v) is 5.93. The predicted molar refractivity (Wildman–Crippen MR) is 78.2 cm³/mol. The average molecular weight is 309 g/mol. The first-order valence-corrected chi connectivity index (χ1v) is 8.92. The fourth-order valence-electron chi connectivity index (χ4n) is 3.11. The molecule has 0 bridgehead atoms. The molecule has 2 aliphatic rings. The Morgan fingerprint density at radius 1 is 1.33 bits per heavy atom. The van der Waals surface area contributed by atoms with Gasteiger partial charge in [0.1, 0.15) is 0 Å². The highest BCUT2D eigenvalue weighted by atomic mass is 32.2. The van der Waals surface area contributed by atoms with Crippen LogP contribution in [0.25, 0.3) is 0 Å². The highest BCUT2D eigenvalue weighted by Crippen LogP contribution is 2.54. The molecule has 21 heavy (non-hydrogen) atoms. The topological polar surface area (TPSA) is 79.4 Å². The quantitative estimate of drug-likeness (QED) is 0.888. The van der Waals surface area contributed by atoms with Crippen LogP contribution in [0, 0.1) is 5.41 Å². The molecular formula is C14H19N3O3S. The summed E-state index contributed by atoms with van der Waals surface area (Å²) in [4.78, 5) is 16.0. The molecule has 1 aromatic rings. The van der Waals surface area contributed by atoms with Crippen molar-refractivity contribution in [2.24, 2.45) is 5.41 Å². The van der Waals surface area contributed by atoms with E-state index < -0.39 is 10.0 Å².